The molecule has 0 N–H and O–H groups in total. The van der Waals surface area contributed by atoms with Gasteiger partial charge in [0.05, 0.1) is 27.6 Å². The van der Waals surface area contributed by atoms with E-state index in [4.69, 9.17) is 9.40 Å². The van der Waals surface area contributed by atoms with Gasteiger partial charge in [0.15, 0.2) is 5.58 Å². The smallest absolute Gasteiger partial charge is 0.178 e. The van der Waals surface area contributed by atoms with E-state index in [-0.39, 0.29) is 0 Å². The van der Waals surface area contributed by atoms with Gasteiger partial charge in [0.2, 0.25) is 0 Å². The van der Waals surface area contributed by atoms with Crippen molar-refractivity contribution in [3.8, 4) is 22.5 Å². The highest BCUT2D eigenvalue weighted by atomic mass is 16.3. The molecule has 0 atom stereocenters. The summed E-state index contributed by atoms with van der Waals surface area (Å²) in [5.74, 6) is 0. The summed E-state index contributed by atoms with van der Waals surface area (Å²) in [6.07, 6.45) is 0. The number of para-hydroxylation sites is 4. The molecule has 4 heteroatoms. The van der Waals surface area contributed by atoms with Gasteiger partial charge in [0.25, 0.3) is 0 Å². The standard InChI is InChI=1S/C49H29N3O/c1-2-13-33(14-3-1)51-42-20-10-7-16-35(42)39-28-31(23-26-43(39)51)32-24-27-44-40(29-32)36-25-22-30-12-4-5-15-34(30)47(36)52(44)48-37-17-6-9-19-41(37)50-46-38-18-8-11-21-45(38)53-49(46)48/h1-29H. The Hall–Kier alpha value is -7.17. The fourth-order valence-electron chi connectivity index (χ4n) is 8.74. The van der Waals surface area contributed by atoms with Crippen molar-refractivity contribution in [3.05, 3.63) is 176 Å². The van der Waals surface area contributed by atoms with Crippen LogP contribution in [0.5, 0.6) is 0 Å². The lowest BCUT2D eigenvalue weighted by atomic mass is 10.00. The van der Waals surface area contributed by atoms with Crippen molar-refractivity contribution in [1.29, 1.82) is 0 Å². The zero-order valence-corrected chi connectivity index (χ0v) is 28.5. The van der Waals surface area contributed by atoms with Gasteiger partial charge in [-0.3, -0.25) is 0 Å². The normalized spacial score (nSPS) is 12.2. The second kappa shape index (κ2) is 10.7. The van der Waals surface area contributed by atoms with Gasteiger partial charge >= 0.3 is 0 Å². The minimum atomic E-state index is 0.793. The molecule has 0 saturated heterocycles. The van der Waals surface area contributed by atoms with Gasteiger partial charge in [-0.1, -0.05) is 115 Å². The lowest BCUT2D eigenvalue weighted by molar-refractivity contribution is 0.666. The van der Waals surface area contributed by atoms with Crippen LogP contribution in [0.2, 0.25) is 0 Å². The van der Waals surface area contributed by atoms with E-state index < -0.39 is 0 Å². The summed E-state index contributed by atoms with van der Waals surface area (Å²) in [7, 11) is 0. The maximum absolute atomic E-state index is 6.74. The number of fused-ring (bicyclic) bond motifs is 12. The molecular weight excluding hydrogens is 647 g/mol. The van der Waals surface area contributed by atoms with Crippen molar-refractivity contribution in [2.24, 2.45) is 0 Å². The molecule has 0 aliphatic carbocycles. The number of pyridine rings is 1. The lowest BCUT2D eigenvalue weighted by Gasteiger charge is -2.13. The highest BCUT2D eigenvalue weighted by Crippen LogP contribution is 2.44. The van der Waals surface area contributed by atoms with Crippen molar-refractivity contribution in [2.45, 2.75) is 0 Å². The van der Waals surface area contributed by atoms with Gasteiger partial charge in [-0.05, 0) is 77.2 Å². The van der Waals surface area contributed by atoms with Crippen molar-refractivity contribution in [2.75, 3.05) is 0 Å². The third-order valence-corrected chi connectivity index (χ3v) is 11.1. The molecule has 0 amide bonds. The topological polar surface area (TPSA) is 35.9 Å². The number of hydrogen-bond acceptors (Lipinski definition) is 2. The molecule has 4 aromatic heterocycles. The van der Waals surface area contributed by atoms with E-state index in [2.05, 4.69) is 173 Å². The first kappa shape index (κ1) is 28.5. The van der Waals surface area contributed by atoms with Gasteiger partial charge in [0, 0.05) is 43.4 Å². The highest BCUT2D eigenvalue weighted by molar-refractivity contribution is 6.22. The maximum atomic E-state index is 6.74. The molecule has 0 radical (unpaired) electrons. The van der Waals surface area contributed by atoms with E-state index in [1.165, 1.54) is 54.5 Å². The first-order valence-electron chi connectivity index (χ1n) is 18.1. The van der Waals surface area contributed by atoms with Crippen LogP contribution < -0.4 is 0 Å². The number of furan rings is 1. The van der Waals surface area contributed by atoms with Crippen molar-refractivity contribution in [3.63, 3.8) is 0 Å². The number of aromatic nitrogens is 3. The third kappa shape index (κ3) is 3.98. The molecule has 0 aliphatic rings. The number of nitrogens with zero attached hydrogens (tertiary/aromatic N) is 3. The monoisotopic (exact) mass is 675 g/mol. The summed E-state index contributed by atoms with van der Waals surface area (Å²) in [5, 5.41) is 9.35. The van der Waals surface area contributed by atoms with Gasteiger partial charge in [0.1, 0.15) is 16.8 Å². The average Bonchev–Trinajstić information content (AvgIpc) is 3.87. The molecule has 53 heavy (non-hydrogen) atoms. The largest absolute Gasteiger partial charge is 0.452 e. The lowest BCUT2D eigenvalue weighted by Crippen LogP contribution is -1.98. The molecule has 4 heterocycles. The molecule has 0 spiro atoms. The summed E-state index contributed by atoms with van der Waals surface area (Å²) in [6.45, 7) is 0. The average molecular weight is 676 g/mol. The Balaban J connectivity index is 1.17. The zero-order valence-electron chi connectivity index (χ0n) is 28.5. The first-order chi connectivity index (χ1) is 26.3. The van der Waals surface area contributed by atoms with E-state index in [1.54, 1.807) is 0 Å². The molecule has 8 aromatic carbocycles. The van der Waals surface area contributed by atoms with E-state index in [0.717, 1.165) is 55.4 Å². The summed E-state index contributed by atoms with van der Waals surface area (Å²) in [5.41, 5.74) is 12.7. The summed E-state index contributed by atoms with van der Waals surface area (Å²) in [6, 6.07) is 63.1. The van der Waals surface area contributed by atoms with Crippen LogP contribution in [0, 0.1) is 0 Å². The number of rotatable bonds is 3. The highest BCUT2D eigenvalue weighted by Gasteiger charge is 2.23. The van der Waals surface area contributed by atoms with Crippen LogP contribution in [0.4, 0.5) is 0 Å². The third-order valence-electron chi connectivity index (χ3n) is 11.1. The first-order valence-corrected chi connectivity index (χ1v) is 18.1. The van der Waals surface area contributed by atoms with Crippen LogP contribution in [0.1, 0.15) is 0 Å². The molecule has 0 saturated carbocycles. The Labute approximate surface area is 303 Å². The van der Waals surface area contributed by atoms with Gasteiger partial charge in [-0.25, -0.2) is 4.98 Å². The van der Waals surface area contributed by atoms with Gasteiger partial charge in [-0.15, -0.1) is 0 Å². The second-order valence-corrected chi connectivity index (χ2v) is 13.9. The van der Waals surface area contributed by atoms with Crippen LogP contribution >= 0.6 is 0 Å². The zero-order chi connectivity index (χ0) is 34.6. The second-order valence-electron chi connectivity index (χ2n) is 13.9. The molecule has 12 aromatic rings. The SMILES string of the molecule is c1ccc(-n2c3ccccc3c3cc(-c4ccc5c(c4)c4ccc6ccccc6c4n5-c4c5ccccc5nc5c4oc4ccccc45)ccc32)cc1. The predicted molar refractivity (Wildman–Crippen MR) is 221 cm³/mol. The Kier molecular flexibility index (Phi) is 5.74. The fraction of sp³-hybridized carbons (Fsp3) is 0. The molecule has 246 valence electrons. The molecule has 0 bridgehead atoms. The molecule has 0 unspecified atom stereocenters. The molecule has 4 nitrogen and oxygen atoms in total. The van der Waals surface area contributed by atoms with Crippen molar-refractivity contribution in [1.82, 2.24) is 14.1 Å². The van der Waals surface area contributed by atoms with Gasteiger partial charge < -0.3 is 13.6 Å². The Morgan fingerprint density at radius 2 is 1.04 bits per heavy atom. The predicted octanol–water partition coefficient (Wildman–Crippen LogP) is 13.1. The molecule has 0 fully saturated rings. The Morgan fingerprint density at radius 3 is 1.87 bits per heavy atom. The van der Waals surface area contributed by atoms with E-state index in [9.17, 15) is 0 Å². The van der Waals surface area contributed by atoms with Crippen LogP contribution in [0.25, 0.3) is 110 Å². The van der Waals surface area contributed by atoms with Gasteiger partial charge in [-0.2, -0.15) is 0 Å². The summed E-state index contributed by atoms with van der Waals surface area (Å²) < 4.78 is 11.5. The molecule has 0 aliphatic heterocycles. The van der Waals surface area contributed by atoms with Crippen LogP contribution in [0.15, 0.2) is 180 Å². The summed E-state index contributed by atoms with van der Waals surface area (Å²) in [4.78, 5) is 5.17. The quantitative estimate of drug-likeness (QED) is 0.187. The molecular formula is C49H29N3O. The fourth-order valence-corrected chi connectivity index (χ4v) is 8.74. The Bertz CT molecular complexity index is 3460. The minimum absolute atomic E-state index is 0.793. The van der Waals surface area contributed by atoms with E-state index in [1.807, 2.05) is 12.1 Å². The maximum Gasteiger partial charge on any atom is 0.178 e. The Morgan fingerprint density at radius 1 is 0.415 bits per heavy atom. The number of hydrogen-bond donors (Lipinski definition) is 0. The van der Waals surface area contributed by atoms with Crippen LogP contribution in [-0.2, 0) is 0 Å². The van der Waals surface area contributed by atoms with Crippen molar-refractivity contribution < 1.29 is 4.42 Å². The van der Waals surface area contributed by atoms with E-state index >= 15 is 0 Å². The van der Waals surface area contributed by atoms with Crippen LogP contribution in [-0.4, -0.2) is 14.1 Å². The summed E-state index contributed by atoms with van der Waals surface area (Å²) >= 11 is 0. The van der Waals surface area contributed by atoms with E-state index in [0.29, 0.717) is 0 Å². The minimum Gasteiger partial charge on any atom is -0.452 e. The molecule has 12 rings (SSSR count). The van der Waals surface area contributed by atoms with Crippen LogP contribution in [0.3, 0.4) is 0 Å². The number of benzene rings is 8. The van der Waals surface area contributed by atoms with Crippen molar-refractivity contribution >= 4 is 87.4 Å².